The van der Waals surface area contributed by atoms with Crippen LogP contribution in [0.4, 0.5) is 10.8 Å². The lowest BCUT2D eigenvalue weighted by Crippen LogP contribution is -2.37. The number of ether oxygens (including phenoxy) is 2. The Kier molecular flexibility index (Phi) is 7.34. The van der Waals surface area contributed by atoms with Crippen LogP contribution in [0.1, 0.15) is 23.2 Å². The maximum absolute atomic E-state index is 13.6. The number of anilines is 2. The van der Waals surface area contributed by atoms with Crippen molar-refractivity contribution in [1.82, 2.24) is 4.98 Å². The highest BCUT2D eigenvalue weighted by Gasteiger charge is 2.27. The van der Waals surface area contributed by atoms with Gasteiger partial charge >= 0.3 is 0 Å². The van der Waals surface area contributed by atoms with Crippen LogP contribution in [0.3, 0.4) is 0 Å². The summed E-state index contributed by atoms with van der Waals surface area (Å²) in [5, 5.41) is 1.06. The fourth-order valence-electron chi connectivity index (χ4n) is 4.06. The molecule has 8 nitrogen and oxygen atoms in total. The van der Waals surface area contributed by atoms with Gasteiger partial charge in [-0.2, -0.15) is 0 Å². The zero-order chi connectivity index (χ0) is 26.0. The fraction of sp³-hybridized carbons (Fsp3) is 0.231. The van der Waals surface area contributed by atoms with Crippen LogP contribution in [0.15, 0.2) is 71.6 Å². The van der Waals surface area contributed by atoms with Crippen molar-refractivity contribution in [3.63, 3.8) is 0 Å². The molecule has 4 aromatic rings. The number of sulfonamides is 1. The van der Waals surface area contributed by atoms with Crippen molar-refractivity contribution in [1.29, 1.82) is 0 Å². The number of rotatable bonds is 8. The molecule has 3 aromatic carbocycles. The standard InChI is InChI=1S/C26H24ClN3O5S2/c1-34-19-11-13-21(14-12-19)37(32,33)29-18-9-7-17(8-10-18)25(31)30(16-20-4-3-15-35-20)26-28-24-22(27)5-2-6-23(24)36-26/h2,5-14,20,29H,3-4,15-16H2,1H3. The van der Waals surface area contributed by atoms with E-state index < -0.39 is 10.0 Å². The first-order chi connectivity index (χ1) is 17.8. The van der Waals surface area contributed by atoms with Gasteiger partial charge in [-0.1, -0.05) is 29.0 Å². The number of nitrogens with one attached hydrogen (secondary N) is 1. The second kappa shape index (κ2) is 10.7. The lowest BCUT2D eigenvalue weighted by atomic mass is 10.1. The minimum atomic E-state index is -3.80. The van der Waals surface area contributed by atoms with E-state index in [1.165, 1.54) is 30.6 Å². The summed E-state index contributed by atoms with van der Waals surface area (Å²) >= 11 is 7.72. The van der Waals surface area contributed by atoms with Gasteiger partial charge in [0.15, 0.2) is 5.13 Å². The van der Waals surface area contributed by atoms with E-state index in [1.807, 2.05) is 12.1 Å². The van der Waals surface area contributed by atoms with Gasteiger partial charge in [0, 0.05) is 17.9 Å². The van der Waals surface area contributed by atoms with Crippen molar-refractivity contribution >= 4 is 59.9 Å². The maximum Gasteiger partial charge on any atom is 0.261 e. The van der Waals surface area contributed by atoms with E-state index in [9.17, 15) is 13.2 Å². The van der Waals surface area contributed by atoms with Crippen LogP contribution < -0.4 is 14.4 Å². The number of hydrogen-bond donors (Lipinski definition) is 1. The van der Waals surface area contributed by atoms with Crippen LogP contribution in [0.5, 0.6) is 5.75 Å². The number of para-hydroxylation sites is 1. The van der Waals surface area contributed by atoms with Crippen molar-refractivity contribution in [2.24, 2.45) is 0 Å². The molecule has 5 rings (SSSR count). The smallest absolute Gasteiger partial charge is 0.261 e. The molecule has 1 unspecified atom stereocenters. The van der Waals surface area contributed by atoms with Crippen LogP contribution in [0.25, 0.3) is 10.2 Å². The zero-order valence-electron chi connectivity index (χ0n) is 19.9. The predicted octanol–water partition coefficient (Wildman–Crippen LogP) is 5.58. The van der Waals surface area contributed by atoms with Crippen LogP contribution >= 0.6 is 22.9 Å². The Labute approximate surface area is 223 Å². The molecule has 1 amide bonds. The Morgan fingerprint density at radius 2 is 1.92 bits per heavy atom. The van der Waals surface area contributed by atoms with Crippen molar-refractivity contribution < 1.29 is 22.7 Å². The molecule has 37 heavy (non-hydrogen) atoms. The molecule has 0 aliphatic carbocycles. The molecule has 11 heteroatoms. The van der Waals surface area contributed by atoms with Crippen molar-refractivity contribution in [3.8, 4) is 5.75 Å². The lowest BCUT2D eigenvalue weighted by Gasteiger charge is -2.23. The molecule has 1 aromatic heterocycles. The summed E-state index contributed by atoms with van der Waals surface area (Å²) in [5.41, 5.74) is 1.39. The largest absolute Gasteiger partial charge is 0.497 e. The second-order valence-corrected chi connectivity index (χ2v) is 11.6. The monoisotopic (exact) mass is 557 g/mol. The average molecular weight is 558 g/mol. The summed E-state index contributed by atoms with van der Waals surface area (Å²) in [4.78, 5) is 20.0. The molecule has 192 valence electrons. The minimum absolute atomic E-state index is 0.0815. The number of carbonyl (C=O) groups excluding carboxylic acids is 1. The van der Waals surface area contributed by atoms with Gasteiger partial charge in [-0.3, -0.25) is 14.4 Å². The number of nitrogens with zero attached hydrogens (tertiary/aromatic N) is 2. The number of amides is 1. The van der Waals surface area contributed by atoms with Crippen LogP contribution in [-0.4, -0.2) is 45.7 Å². The van der Waals surface area contributed by atoms with Crippen LogP contribution in [-0.2, 0) is 14.8 Å². The number of thiazole rings is 1. The molecule has 1 aliphatic rings. The van der Waals surface area contributed by atoms with Gasteiger partial charge in [0.05, 0.1) is 34.4 Å². The van der Waals surface area contributed by atoms with Gasteiger partial charge in [-0.05, 0) is 73.5 Å². The summed E-state index contributed by atoms with van der Waals surface area (Å²) in [5.74, 6) is 0.306. The molecule has 0 radical (unpaired) electrons. The number of aromatic nitrogens is 1. The molecule has 1 atom stereocenters. The number of halogens is 1. The van der Waals surface area contributed by atoms with E-state index in [0.29, 0.717) is 45.8 Å². The SMILES string of the molecule is COc1ccc(S(=O)(=O)Nc2ccc(C(=O)N(CC3CCCO3)c3nc4c(Cl)cccc4s3)cc2)cc1. The van der Waals surface area contributed by atoms with Gasteiger partial charge in [0.2, 0.25) is 0 Å². The van der Waals surface area contributed by atoms with E-state index >= 15 is 0 Å². The van der Waals surface area contributed by atoms with Gasteiger partial charge in [-0.15, -0.1) is 0 Å². The van der Waals surface area contributed by atoms with E-state index in [4.69, 9.17) is 21.1 Å². The third-order valence-electron chi connectivity index (χ3n) is 6.00. The quantitative estimate of drug-likeness (QED) is 0.303. The Bertz CT molecular complexity index is 1520. The molecule has 0 spiro atoms. The average Bonchev–Trinajstić information content (AvgIpc) is 3.58. The molecule has 1 fully saturated rings. The van der Waals surface area contributed by atoms with Gasteiger partial charge in [0.25, 0.3) is 15.9 Å². The third kappa shape index (κ3) is 5.57. The van der Waals surface area contributed by atoms with E-state index in [1.54, 1.807) is 47.4 Å². The molecule has 0 saturated carbocycles. The summed E-state index contributed by atoms with van der Waals surface area (Å²) < 4.78 is 39.8. The van der Waals surface area contributed by atoms with Gasteiger partial charge < -0.3 is 9.47 Å². The van der Waals surface area contributed by atoms with Gasteiger partial charge in [-0.25, -0.2) is 13.4 Å². The summed E-state index contributed by atoms with van der Waals surface area (Å²) in [6.45, 7) is 1.03. The molecule has 1 N–H and O–H groups in total. The van der Waals surface area contributed by atoms with E-state index in [2.05, 4.69) is 9.71 Å². The topological polar surface area (TPSA) is 97.8 Å². The first-order valence-electron chi connectivity index (χ1n) is 11.6. The minimum Gasteiger partial charge on any atom is -0.497 e. The molecular weight excluding hydrogens is 534 g/mol. The maximum atomic E-state index is 13.6. The summed E-state index contributed by atoms with van der Waals surface area (Å²) in [6.07, 6.45) is 1.73. The Morgan fingerprint density at radius 1 is 1.16 bits per heavy atom. The number of methoxy groups -OCH3 is 1. The van der Waals surface area contributed by atoms with Crippen molar-refractivity contribution in [2.75, 3.05) is 29.9 Å². The van der Waals surface area contributed by atoms with Crippen LogP contribution in [0, 0.1) is 0 Å². The molecular formula is C26H24ClN3O5S2. The lowest BCUT2D eigenvalue weighted by molar-refractivity contribution is 0.0917. The number of benzene rings is 3. The van der Waals surface area contributed by atoms with E-state index in [0.717, 1.165) is 17.5 Å². The highest BCUT2D eigenvalue weighted by atomic mass is 35.5. The molecule has 2 heterocycles. The van der Waals surface area contributed by atoms with Crippen molar-refractivity contribution in [2.45, 2.75) is 23.8 Å². The van der Waals surface area contributed by atoms with E-state index in [-0.39, 0.29) is 16.9 Å². The molecule has 1 saturated heterocycles. The second-order valence-electron chi connectivity index (χ2n) is 8.49. The summed E-state index contributed by atoms with van der Waals surface area (Å²) in [7, 11) is -2.29. The van der Waals surface area contributed by atoms with Crippen LogP contribution in [0.2, 0.25) is 5.02 Å². The normalized spacial score (nSPS) is 15.6. The highest BCUT2D eigenvalue weighted by Crippen LogP contribution is 2.34. The highest BCUT2D eigenvalue weighted by molar-refractivity contribution is 7.92. The number of fused-ring (bicyclic) bond motifs is 1. The third-order valence-corrected chi connectivity index (χ3v) is 8.74. The summed E-state index contributed by atoms with van der Waals surface area (Å²) in [6, 6.07) is 17.9. The Balaban J connectivity index is 1.38. The fourth-order valence-corrected chi connectivity index (χ4v) is 6.40. The van der Waals surface area contributed by atoms with Gasteiger partial charge in [0.1, 0.15) is 11.3 Å². The molecule has 1 aliphatic heterocycles. The number of carbonyl (C=O) groups is 1. The number of hydrogen-bond acceptors (Lipinski definition) is 7. The Morgan fingerprint density at radius 3 is 2.57 bits per heavy atom. The zero-order valence-corrected chi connectivity index (χ0v) is 22.3. The first-order valence-corrected chi connectivity index (χ1v) is 14.3. The Hall–Kier alpha value is -3.18. The predicted molar refractivity (Wildman–Crippen MR) is 146 cm³/mol. The molecule has 0 bridgehead atoms. The van der Waals surface area contributed by atoms with Crippen molar-refractivity contribution in [3.05, 3.63) is 77.3 Å². The first kappa shape index (κ1) is 25.5.